The molecule has 7 heteroatoms. The zero-order chi connectivity index (χ0) is 18.3. The summed E-state index contributed by atoms with van der Waals surface area (Å²) in [4.78, 5) is 48.2. The molecule has 0 spiro atoms. The lowest BCUT2D eigenvalue weighted by atomic mass is 9.96. The van der Waals surface area contributed by atoms with Crippen LogP contribution in [0.15, 0.2) is 36.4 Å². The quantitative estimate of drug-likeness (QED) is 0.678. The van der Waals surface area contributed by atoms with Crippen molar-refractivity contribution in [2.45, 2.75) is 0 Å². The van der Waals surface area contributed by atoms with Gasteiger partial charge in [0.05, 0.1) is 29.4 Å². The van der Waals surface area contributed by atoms with Gasteiger partial charge < -0.3 is 9.84 Å². The van der Waals surface area contributed by atoms with Crippen molar-refractivity contribution in [1.29, 1.82) is 0 Å². The average Bonchev–Trinajstić information content (AvgIpc) is 2.84. The highest BCUT2D eigenvalue weighted by molar-refractivity contribution is 6.21. The van der Waals surface area contributed by atoms with Gasteiger partial charge in [0.25, 0.3) is 11.8 Å². The van der Waals surface area contributed by atoms with Crippen LogP contribution < -0.4 is 0 Å². The SMILES string of the molecule is COC(=O)c1ccc(-c2ccc3c(c2)C(=O)N(C)C3=O)cc1C(=O)O. The van der Waals surface area contributed by atoms with Crippen LogP contribution >= 0.6 is 0 Å². The molecule has 0 saturated carbocycles. The maximum Gasteiger partial charge on any atom is 0.338 e. The van der Waals surface area contributed by atoms with Crippen molar-refractivity contribution in [1.82, 2.24) is 4.90 Å². The van der Waals surface area contributed by atoms with Gasteiger partial charge >= 0.3 is 11.9 Å². The number of carboxylic acids is 1. The van der Waals surface area contributed by atoms with Crippen LogP contribution in [0.25, 0.3) is 11.1 Å². The fourth-order valence-corrected chi connectivity index (χ4v) is 2.73. The molecule has 2 aromatic rings. The van der Waals surface area contributed by atoms with Crippen molar-refractivity contribution in [2.24, 2.45) is 0 Å². The summed E-state index contributed by atoms with van der Waals surface area (Å²) in [6.07, 6.45) is 0. The molecule has 1 aliphatic heterocycles. The lowest BCUT2D eigenvalue weighted by Gasteiger charge is -2.08. The van der Waals surface area contributed by atoms with Crippen molar-refractivity contribution in [3.63, 3.8) is 0 Å². The zero-order valence-electron chi connectivity index (χ0n) is 13.4. The van der Waals surface area contributed by atoms with Crippen LogP contribution in [-0.4, -0.2) is 47.9 Å². The zero-order valence-corrected chi connectivity index (χ0v) is 13.4. The van der Waals surface area contributed by atoms with Gasteiger partial charge in [0, 0.05) is 7.05 Å². The van der Waals surface area contributed by atoms with Crippen LogP contribution in [0.5, 0.6) is 0 Å². The number of imide groups is 1. The first-order chi connectivity index (χ1) is 11.8. The number of carbonyl (C=O) groups excluding carboxylic acids is 3. The van der Waals surface area contributed by atoms with Crippen molar-refractivity contribution >= 4 is 23.8 Å². The molecule has 0 atom stereocenters. The van der Waals surface area contributed by atoms with Crippen molar-refractivity contribution < 1.29 is 29.0 Å². The second kappa shape index (κ2) is 5.86. The van der Waals surface area contributed by atoms with Crippen molar-refractivity contribution in [3.8, 4) is 11.1 Å². The molecule has 1 heterocycles. The minimum atomic E-state index is -1.27. The molecule has 1 aliphatic rings. The number of esters is 1. The van der Waals surface area contributed by atoms with Gasteiger partial charge in [0.1, 0.15) is 0 Å². The van der Waals surface area contributed by atoms with Crippen LogP contribution in [-0.2, 0) is 4.74 Å². The summed E-state index contributed by atoms with van der Waals surface area (Å²) < 4.78 is 4.58. The minimum absolute atomic E-state index is 0.0640. The summed E-state index contributed by atoms with van der Waals surface area (Å²) in [7, 11) is 2.57. The van der Waals surface area contributed by atoms with E-state index in [2.05, 4.69) is 4.74 Å². The van der Waals surface area contributed by atoms with Gasteiger partial charge in [-0.05, 0) is 35.4 Å². The molecule has 0 fully saturated rings. The topological polar surface area (TPSA) is 101 Å². The maximum absolute atomic E-state index is 12.1. The number of methoxy groups -OCH3 is 1. The van der Waals surface area contributed by atoms with Gasteiger partial charge in [0.2, 0.25) is 0 Å². The average molecular weight is 339 g/mol. The highest BCUT2D eigenvalue weighted by atomic mass is 16.5. The van der Waals surface area contributed by atoms with E-state index in [9.17, 15) is 24.3 Å². The number of rotatable bonds is 3. The Kier molecular flexibility index (Phi) is 3.84. The second-order valence-electron chi connectivity index (χ2n) is 5.49. The normalized spacial score (nSPS) is 13.0. The summed E-state index contributed by atoms with van der Waals surface area (Å²) in [5.41, 5.74) is 1.37. The first kappa shape index (κ1) is 16.4. The molecular formula is C18H13NO6. The fraction of sp³-hybridized carbons (Fsp3) is 0.111. The first-order valence-electron chi connectivity index (χ1n) is 7.27. The highest BCUT2D eigenvalue weighted by Gasteiger charge is 2.32. The van der Waals surface area contributed by atoms with Gasteiger partial charge in [-0.1, -0.05) is 12.1 Å². The van der Waals surface area contributed by atoms with E-state index >= 15 is 0 Å². The van der Waals surface area contributed by atoms with Crippen LogP contribution in [0.4, 0.5) is 0 Å². The molecule has 0 aromatic heterocycles. The molecule has 0 aliphatic carbocycles. The van der Waals surface area contributed by atoms with Crippen molar-refractivity contribution in [3.05, 3.63) is 58.7 Å². The monoisotopic (exact) mass is 339 g/mol. The summed E-state index contributed by atoms with van der Waals surface area (Å²) in [6, 6.07) is 8.95. The Bertz CT molecular complexity index is 947. The first-order valence-corrected chi connectivity index (χ1v) is 7.27. The Morgan fingerprint density at radius 3 is 2.16 bits per heavy atom. The molecule has 25 heavy (non-hydrogen) atoms. The Hall–Kier alpha value is -3.48. The molecular weight excluding hydrogens is 326 g/mol. The molecule has 2 amide bonds. The Labute approximate surface area is 142 Å². The summed E-state index contributed by atoms with van der Waals surface area (Å²) >= 11 is 0. The Balaban J connectivity index is 2.11. The van der Waals surface area contributed by atoms with E-state index in [0.29, 0.717) is 16.7 Å². The summed E-state index contributed by atoms with van der Waals surface area (Å²) in [5, 5.41) is 9.33. The predicted octanol–water partition coefficient (Wildman–Crippen LogP) is 2.06. The Morgan fingerprint density at radius 1 is 0.920 bits per heavy atom. The van der Waals surface area contributed by atoms with E-state index in [1.165, 1.54) is 38.4 Å². The fourth-order valence-electron chi connectivity index (χ4n) is 2.73. The molecule has 126 valence electrons. The number of nitrogens with zero attached hydrogens (tertiary/aromatic N) is 1. The Morgan fingerprint density at radius 2 is 1.52 bits per heavy atom. The number of fused-ring (bicyclic) bond motifs is 1. The second-order valence-corrected chi connectivity index (χ2v) is 5.49. The van der Waals surface area contributed by atoms with Gasteiger partial charge in [-0.2, -0.15) is 0 Å². The van der Waals surface area contributed by atoms with E-state index < -0.39 is 17.8 Å². The van der Waals surface area contributed by atoms with E-state index in [-0.39, 0.29) is 22.6 Å². The van der Waals surface area contributed by atoms with E-state index in [1.807, 2.05) is 0 Å². The molecule has 0 saturated heterocycles. The number of carbonyl (C=O) groups is 4. The van der Waals surface area contributed by atoms with Crippen LogP contribution in [0.3, 0.4) is 0 Å². The number of hydrogen-bond donors (Lipinski definition) is 1. The van der Waals surface area contributed by atoms with Crippen LogP contribution in [0.2, 0.25) is 0 Å². The van der Waals surface area contributed by atoms with E-state index in [1.54, 1.807) is 12.1 Å². The third kappa shape index (κ3) is 2.55. The lowest BCUT2D eigenvalue weighted by molar-refractivity contribution is 0.0582. The van der Waals surface area contributed by atoms with Crippen LogP contribution in [0, 0.1) is 0 Å². The number of hydrogen-bond acceptors (Lipinski definition) is 5. The third-order valence-electron chi connectivity index (χ3n) is 4.08. The molecule has 0 unspecified atom stereocenters. The molecule has 2 aromatic carbocycles. The van der Waals surface area contributed by atoms with E-state index in [4.69, 9.17) is 0 Å². The number of ether oxygens (including phenoxy) is 1. The molecule has 0 bridgehead atoms. The highest BCUT2D eigenvalue weighted by Crippen LogP contribution is 2.29. The van der Waals surface area contributed by atoms with Crippen LogP contribution in [0.1, 0.15) is 41.4 Å². The standard InChI is InChI=1S/C18H13NO6/c1-19-15(20)11-5-3-9(7-13(11)16(19)21)10-4-6-12(18(24)25-2)14(8-10)17(22)23/h3-8H,1-2H3,(H,22,23). The maximum atomic E-state index is 12.1. The summed E-state index contributed by atoms with van der Waals surface area (Å²) in [6.45, 7) is 0. The van der Waals surface area contributed by atoms with Gasteiger partial charge in [-0.25, -0.2) is 9.59 Å². The van der Waals surface area contributed by atoms with E-state index in [0.717, 1.165) is 4.90 Å². The molecule has 7 nitrogen and oxygen atoms in total. The summed E-state index contributed by atoms with van der Waals surface area (Å²) in [5.74, 6) is -2.81. The third-order valence-corrected chi connectivity index (χ3v) is 4.08. The van der Waals surface area contributed by atoms with Crippen molar-refractivity contribution in [2.75, 3.05) is 14.2 Å². The number of benzene rings is 2. The minimum Gasteiger partial charge on any atom is -0.478 e. The molecule has 0 radical (unpaired) electrons. The molecule has 1 N–H and O–H groups in total. The van der Waals surface area contributed by atoms with Gasteiger partial charge in [-0.3, -0.25) is 14.5 Å². The van der Waals surface area contributed by atoms with Gasteiger partial charge in [0.15, 0.2) is 0 Å². The lowest BCUT2D eigenvalue weighted by Crippen LogP contribution is -2.24. The predicted molar refractivity (Wildman–Crippen MR) is 86.6 cm³/mol. The van der Waals surface area contributed by atoms with Gasteiger partial charge in [-0.15, -0.1) is 0 Å². The largest absolute Gasteiger partial charge is 0.478 e. The molecule has 3 rings (SSSR count). The number of carboxylic acid groups (broad SMARTS) is 1. The number of aromatic carboxylic acids is 1. The number of amides is 2. The smallest absolute Gasteiger partial charge is 0.338 e.